The summed E-state index contributed by atoms with van der Waals surface area (Å²) in [6.07, 6.45) is 0.369. The minimum absolute atomic E-state index is 0.0986. The molecule has 0 aliphatic heterocycles. The molecule has 24 heavy (non-hydrogen) atoms. The third kappa shape index (κ3) is 4.87. The van der Waals surface area contributed by atoms with Gasteiger partial charge < -0.3 is 15.7 Å². The first-order valence-electron chi connectivity index (χ1n) is 7.75. The maximum Gasteiger partial charge on any atom is 0.416 e. The third-order valence-electron chi connectivity index (χ3n) is 3.96. The Morgan fingerprint density at radius 1 is 1.17 bits per heavy atom. The van der Waals surface area contributed by atoms with E-state index in [1.165, 1.54) is 6.07 Å². The van der Waals surface area contributed by atoms with Crippen LogP contribution < -0.4 is 10.6 Å². The standard InChI is InChI=1S/C16H19F3N2O3/c17-16(18,19)10-6-7-13(21-11-4-2-1-3-5-11)12(8-10)15(24)20-9-14(22)23/h6-8,11,21H,1-5,9H2,(H,20,24)(H,22,23). The summed E-state index contributed by atoms with van der Waals surface area (Å²) in [5.74, 6) is -2.11. The number of carboxylic acids is 1. The molecule has 1 aromatic carbocycles. The maximum atomic E-state index is 12.9. The number of benzene rings is 1. The number of rotatable bonds is 5. The van der Waals surface area contributed by atoms with E-state index >= 15 is 0 Å². The van der Waals surface area contributed by atoms with Gasteiger partial charge in [-0.3, -0.25) is 9.59 Å². The molecule has 1 aromatic rings. The number of alkyl halides is 3. The number of hydrogen-bond donors (Lipinski definition) is 3. The van der Waals surface area contributed by atoms with E-state index in [0.717, 1.165) is 44.2 Å². The Labute approximate surface area is 137 Å². The number of carboxylic acid groups (broad SMARTS) is 1. The third-order valence-corrected chi connectivity index (χ3v) is 3.96. The highest BCUT2D eigenvalue weighted by molar-refractivity contribution is 6.01. The van der Waals surface area contributed by atoms with Crippen LogP contribution in [0.15, 0.2) is 18.2 Å². The van der Waals surface area contributed by atoms with Gasteiger partial charge in [-0.15, -0.1) is 0 Å². The molecule has 0 heterocycles. The van der Waals surface area contributed by atoms with Gasteiger partial charge in [-0.25, -0.2) is 0 Å². The predicted molar refractivity (Wildman–Crippen MR) is 81.9 cm³/mol. The Balaban J connectivity index is 2.26. The summed E-state index contributed by atoms with van der Waals surface area (Å²) >= 11 is 0. The van der Waals surface area contributed by atoms with Crippen molar-refractivity contribution in [2.75, 3.05) is 11.9 Å². The van der Waals surface area contributed by atoms with Crippen molar-refractivity contribution in [1.29, 1.82) is 0 Å². The number of hydrogen-bond acceptors (Lipinski definition) is 3. The molecule has 0 radical (unpaired) electrons. The lowest BCUT2D eigenvalue weighted by atomic mass is 9.95. The Bertz CT molecular complexity index is 611. The van der Waals surface area contributed by atoms with Crippen LogP contribution in [0.4, 0.5) is 18.9 Å². The summed E-state index contributed by atoms with van der Waals surface area (Å²) in [6.45, 7) is -0.655. The molecule has 1 aliphatic carbocycles. The Kier molecular flexibility index (Phi) is 5.69. The van der Waals surface area contributed by atoms with Gasteiger partial charge in [0.2, 0.25) is 0 Å². The number of carbonyl (C=O) groups excluding carboxylic acids is 1. The largest absolute Gasteiger partial charge is 0.480 e. The second-order valence-corrected chi connectivity index (χ2v) is 5.81. The predicted octanol–water partition coefficient (Wildman–Crippen LogP) is 3.26. The molecule has 1 amide bonds. The number of amides is 1. The second kappa shape index (κ2) is 7.55. The zero-order valence-corrected chi connectivity index (χ0v) is 12.9. The van der Waals surface area contributed by atoms with Crippen LogP contribution in [0.3, 0.4) is 0 Å². The molecular weight excluding hydrogens is 325 g/mol. The molecule has 0 aromatic heterocycles. The molecule has 0 saturated heterocycles. The number of halogens is 3. The van der Waals surface area contributed by atoms with Crippen LogP contribution in [0, 0.1) is 0 Å². The van der Waals surface area contributed by atoms with Crippen LogP contribution in [-0.4, -0.2) is 29.6 Å². The van der Waals surface area contributed by atoms with Crippen molar-refractivity contribution in [3.63, 3.8) is 0 Å². The van der Waals surface area contributed by atoms with Gasteiger partial charge in [-0.05, 0) is 31.0 Å². The minimum atomic E-state index is -4.58. The zero-order chi connectivity index (χ0) is 17.7. The van der Waals surface area contributed by atoms with Gasteiger partial charge >= 0.3 is 12.1 Å². The number of carbonyl (C=O) groups is 2. The lowest BCUT2D eigenvalue weighted by Gasteiger charge is -2.25. The summed E-state index contributed by atoms with van der Waals surface area (Å²) in [7, 11) is 0. The van der Waals surface area contributed by atoms with E-state index in [1.54, 1.807) is 0 Å². The van der Waals surface area contributed by atoms with Crippen LogP contribution in [0.5, 0.6) is 0 Å². The van der Waals surface area contributed by atoms with E-state index in [-0.39, 0.29) is 17.3 Å². The average molecular weight is 344 g/mol. The summed E-state index contributed by atoms with van der Waals surface area (Å²) < 4.78 is 38.7. The molecule has 5 nitrogen and oxygen atoms in total. The molecule has 3 N–H and O–H groups in total. The zero-order valence-electron chi connectivity index (χ0n) is 12.9. The smallest absolute Gasteiger partial charge is 0.416 e. The Morgan fingerprint density at radius 2 is 1.83 bits per heavy atom. The first-order chi connectivity index (χ1) is 11.3. The number of nitrogens with one attached hydrogen (secondary N) is 2. The lowest BCUT2D eigenvalue weighted by Crippen LogP contribution is -2.31. The molecule has 0 atom stereocenters. The molecular formula is C16H19F3N2O3. The summed E-state index contributed by atoms with van der Waals surface area (Å²) in [4.78, 5) is 22.7. The Morgan fingerprint density at radius 3 is 2.42 bits per heavy atom. The van der Waals surface area contributed by atoms with Gasteiger partial charge in [0.1, 0.15) is 6.54 Å². The van der Waals surface area contributed by atoms with E-state index in [2.05, 4.69) is 10.6 Å². The van der Waals surface area contributed by atoms with Crippen LogP contribution in [-0.2, 0) is 11.0 Å². The van der Waals surface area contributed by atoms with Crippen LogP contribution in [0.25, 0.3) is 0 Å². The molecule has 1 aliphatic rings. The molecule has 2 rings (SSSR count). The van der Waals surface area contributed by atoms with E-state index in [4.69, 9.17) is 5.11 Å². The van der Waals surface area contributed by atoms with Crippen LogP contribution in [0.1, 0.15) is 48.0 Å². The van der Waals surface area contributed by atoms with Gasteiger partial charge in [0.15, 0.2) is 0 Å². The minimum Gasteiger partial charge on any atom is -0.480 e. The monoisotopic (exact) mass is 344 g/mol. The topological polar surface area (TPSA) is 78.4 Å². The molecule has 8 heteroatoms. The van der Waals surface area contributed by atoms with Crippen molar-refractivity contribution < 1.29 is 27.9 Å². The summed E-state index contributed by atoms with van der Waals surface area (Å²) in [5, 5.41) is 13.8. The van der Waals surface area contributed by atoms with Crippen molar-refractivity contribution in [3.05, 3.63) is 29.3 Å². The normalized spacial score (nSPS) is 15.8. The average Bonchev–Trinajstić information content (AvgIpc) is 2.53. The van der Waals surface area contributed by atoms with Gasteiger partial charge in [0.25, 0.3) is 5.91 Å². The Hall–Kier alpha value is -2.25. The lowest BCUT2D eigenvalue weighted by molar-refractivity contribution is -0.138. The van der Waals surface area contributed by atoms with Crippen LogP contribution >= 0.6 is 0 Å². The molecule has 0 bridgehead atoms. The van der Waals surface area contributed by atoms with E-state index in [0.29, 0.717) is 0 Å². The highest BCUT2D eigenvalue weighted by Gasteiger charge is 2.32. The van der Waals surface area contributed by atoms with Crippen molar-refractivity contribution in [2.24, 2.45) is 0 Å². The highest BCUT2D eigenvalue weighted by Crippen LogP contribution is 2.32. The maximum absolute atomic E-state index is 12.9. The molecule has 0 spiro atoms. The van der Waals surface area contributed by atoms with Crippen molar-refractivity contribution in [1.82, 2.24) is 5.32 Å². The van der Waals surface area contributed by atoms with Gasteiger partial charge in [0.05, 0.1) is 11.1 Å². The number of aliphatic carboxylic acids is 1. The van der Waals surface area contributed by atoms with E-state index in [9.17, 15) is 22.8 Å². The fourth-order valence-corrected chi connectivity index (χ4v) is 2.75. The first kappa shape index (κ1) is 18.1. The molecule has 132 valence electrons. The molecule has 1 saturated carbocycles. The van der Waals surface area contributed by atoms with Crippen molar-refractivity contribution >= 4 is 17.6 Å². The van der Waals surface area contributed by atoms with Crippen molar-refractivity contribution in [3.8, 4) is 0 Å². The fraction of sp³-hybridized carbons (Fsp3) is 0.500. The summed E-state index contributed by atoms with van der Waals surface area (Å²) in [6, 6.07) is 3.00. The first-order valence-corrected chi connectivity index (χ1v) is 7.75. The van der Waals surface area contributed by atoms with Crippen molar-refractivity contribution in [2.45, 2.75) is 44.3 Å². The molecule has 1 fully saturated rings. The summed E-state index contributed by atoms with van der Waals surface area (Å²) in [5.41, 5.74) is -0.855. The van der Waals surface area contributed by atoms with Crippen LogP contribution in [0.2, 0.25) is 0 Å². The van der Waals surface area contributed by atoms with E-state index < -0.39 is 30.2 Å². The second-order valence-electron chi connectivity index (χ2n) is 5.81. The van der Waals surface area contributed by atoms with E-state index in [1.807, 2.05) is 0 Å². The SMILES string of the molecule is O=C(O)CNC(=O)c1cc(C(F)(F)F)ccc1NC1CCCCC1. The highest BCUT2D eigenvalue weighted by atomic mass is 19.4. The fourth-order valence-electron chi connectivity index (χ4n) is 2.75. The van der Waals surface area contributed by atoms with Gasteiger partial charge in [-0.1, -0.05) is 19.3 Å². The van der Waals surface area contributed by atoms with Gasteiger partial charge in [-0.2, -0.15) is 13.2 Å². The molecule has 0 unspecified atom stereocenters. The quantitative estimate of drug-likeness (QED) is 0.766. The van der Waals surface area contributed by atoms with Gasteiger partial charge in [0, 0.05) is 11.7 Å². The number of anilines is 1.